The maximum atomic E-state index is 12.8. The van der Waals surface area contributed by atoms with E-state index >= 15 is 0 Å². The van der Waals surface area contributed by atoms with Crippen LogP contribution in [0.3, 0.4) is 0 Å². The van der Waals surface area contributed by atoms with Crippen LogP contribution >= 0.6 is 11.6 Å². The number of hydrogen-bond acceptors (Lipinski definition) is 3. The van der Waals surface area contributed by atoms with Gasteiger partial charge in [0, 0.05) is 24.9 Å². The predicted octanol–water partition coefficient (Wildman–Crippen LogP) is 5.29. The lowest BCUT2D eigenvalue weighted by Crippen LogP contribution is -2.30. The molecule has 0 spiro atoms. The van der Waals surface area contributed by atoms with Crippen LogP contribution in [0.2, 0.25) is 5.02 Å². The first-order valence-electron chi connectivity index (χ1n) is 9.26. The summed E-state index contributed by atoms with van der Waals surface area (Å²) in [6.07, 6.45) is 4.61. The second-order valence-electron chi connectivity index (χ2n) is 6.75. The summed E-state index contributed by atoms with van der Waals surface area (Å²) in [6, 6.07) is 17.9. The van der Waals surface area contributed by atoms with Gasteiger partial charge in [-0.2, -0.15) is 0 Å². The van der Waals surface area contributed by atoms with Gasteiger partial charge in [-0.15, -0.1) is 0 Å². The van der Waals surface area contributed by atoms with Gasteiger partial charge in [-0.25, -0.2) is 4.98 Å². The lowest BCUT2D eigenvalue weighted by atomic mass is 10.0. The highest BCUT2D eigenvalue weighted by atomic mass is 35.5. The summed E-state index contributed by atoms with van der Waals surface area (Å²) in [5, 5.41) is 0.624. The number of benzene rings is 2. The number of carbonyl (C=O) groups excluding carboxylic acids is 1. The fourth-order valence-electron chi connectivity index (χ4n) is 3.66. The Labute approximate surface area is 163 Å². The zero-order valence-electron chi connectivity index (χ0n) is 15.0. The number of carbonyl (C=O) groups is 1. The van der Waals surface area contributed by atoms with E-state index in [2.05, 4.69) is 17.1 Å². The highest BCUT2D eigenvalue weighted by Crippen LogP contribution is 2.32. The van der Waals surface area contributed by atoms with E-state index in [0.29, 0.717) is 29.5 Å². The molecule has 2 heterocycles. The van der Waals surface area contributed by atoms with Crippen molar-refractivity contribution in [3.8, 4) is 11.3 Å². The van der Waals surface area contributed by atoms with Crippen molar-refractivity contribution in [3.63, 3.8) is 0 Å². The van der Waals surface area contributed by atoms with Gasteiger partial charge in [0.05, 0.1) is 17.3 Å². The molecule has 1 unspecified atom stereocenters. The molecular formula is C22H21ClN2O2. The van der Waals surface area contributed by atoms with Gasteiger partial charge in [0.15, 0.2) is 11.7 Å². The fourth-order valence-corrected chi connectivity index (χ4v) is 3.88. The average Bonchev–Trinajstić information content (AvgIpc) is 3.37. The van der Waals surface area contributed by atoms with Gasteiger partial charge < -0.3 is 9.32 Å². The standard InChI is InChI=1S/C22H21ClN2O2/c23-18-10-5-4-9-17(18)20-15-24-21(27-20)12-13-22(26)25-14-6-11-19(25)16-7-2-1-3-8-16/h1-5,7-10,15,19H,6,11-14H2. The first-order valence-corrected chi connectivity index (χ1v) is 9.64. The molecule has 0 bridgehead atoms. The van der Waals surface area contributed by atoms with Crippen molar-refractivity contribution in [2.24, 2.45) is 0 Å². The number of hydrogen-bond donors (Lipinski definition) is 0. The summed E-state index contributed by atoms with van der Waals surface area (Å²) < 4.78 is 5.81. The van der Waals surface area contributed by atoms with Crippen LogP contribution < -0.4 is 0 Å². The van der Waals surface area contributed by atoms with E-state index in [9.17, 15) is 4.79 Å². The second kappa shape index (κ2) is 7.97. The first kappa shape index (κ1) is 17.8. The highest BCUT2D eigenvalue weighted by molar-refractivity contribution is 6.33. The Hall–Kier alpha value is -2.59. The molecule has 1 aliphatic heterocycles. The van der Waals surface area contributed by atoms with Crippen molar-refractivity contribution in [2.45, 2.75) is 31.7 Å². The normalized spacial score (nSPS) is 16.6. The molecule has 0 aliphatic carbocycles. The van der Waals surface area contributed by atoms with Crippen molar-refractivity contribution < 1.29 is 9.21 Å². The SMILES string of the molecule is O=C(CCc1ncc(-c2ccccc2Cl)o1)N1CCCC1c1ccccc1. The quantitative estimate of drug-likeness (QED) is 0.604. The second-order valence-corrected chi connectivity index (χ2v) is 7.16. The molecule has 4 nitrogen and oxygen atoms in total. The molecule has 1 atom stereocenters. The lowest BCUT2D eigenvalue weighted by molar-refractivity contribution is -0.132. The van der Waals surface area contributed by atoms with E-state index in [0.717, 1.165) is 24.9 Å². The van der Waals surface area contributed by atoms with Crippen molar-refractivity contribution in [3.05, 3.63) is 77.3 Å². The van der Waals surface area contributed by atoms with Crippen molar-refractivity contribution in [1.82, 2.24) is 9.88 Å². The molecular weight excluding hydrogens is 360 g/mol. The predicted molar refractivity (Wildman–Crippen MR) is 105 cm³/mol. The van der Waals surface area contributed by atoms with Crippen molar-refractivity contribution in [1.29, 1.82) is 0 Å². The molecule has 138 valence electrons. The van der Waals surface area contributed by atoms with Crippen LogP contribution in [0.15, 0.2) is 65.2 Å². The van der Waals surface area contributed by atoms with Gasteiger partial charge in [-0.05, 0) is 30.5 Å². The van der Waals surface area contributed by atoms with E-state index in [4.69, 9.17) is 16.0 Å². The third-order valence-electron chi connectivity index (χ3n) is 5.00. The molecule has 5 heteroatoms. The number of nitrogens with zero attached hydrogens (tertiary/aromatic N) is 2. The fraction of sp³-hybridized carbons (Fsp3) is 0.273. The van der Waals surface area contributed by atoms with Gasteiger partial charge in [0.1, 0.15) is 0 Å². The zero-order chi connectivity index (χ0) is 18.6. The third-order valence-corrected chi connectivity index (χ3v) is 5.33. The number of halogens is 1. The van der Waals surface area contributed by atoms with Gasteiger partial charge in [-0.1, -0.05) is 54.1 Å². The molecule has 1 aromatic heterocycles. The Morgan fingerprint density at radius 3 is 2.74 bits per heavy atom. The molecule has 0 saturated carbocycles. The summed E-state index contributed by atoms with van der Waals surface area (Å²) in [5.41, 5.74) is 2.02. The van der Waals surface area contributed by atoms with E-state index < -0.39 is 0 Å². The van der Waals surface area contributed by atoms with E-state index in [-0.39, 0.29) is 11.9 Å². The van der Waals surface area contributed by atoms with Crippen LogP contribution in [0.1, 0.15) is 36.8 Å². The maximum absolute atomic E-state index is 12.8. The van der Waals surface area contributed by atoms with Crippen LogP contribution in [-0.2, 0) is 11.2 Å². The smallest absolute Gasteiger partial charge is 0.223 e. The van der Waals surface area contributed by atoms with E-state index in [1.165, 1.54) is 5.56 Å². The molecule has 4 rings (SSSR count). The Bertz CT molecular complexity index is 923. The van der Waals surface area contributed by atoms with Crippen LogP contribution in [0, 0.1) is 0 Å². The number of oxazole rings is 1. The number of aryl methyl sites for hydroxylation is 1. The summed E-state index contributed by atoms with van der Waals surface area (Å²) >= 11 is 6.21. The minimum Gasteiger partial charge on any atom is -0.441 e. The number of amides is 1. The zero-order valence-corrected chi connectivity index (χ0v) is 15.7. The molecule has 1 aliphatic rings. The van der Waals surface area contributed by atoms with Gasteiger partial charge in [0.2, 0.25) is 5.91 Å². The van der Waals surface area contributed by atoms with Gasteiger partial charge in [-0.3, -0.25) is 4.79 Å². The largest absolute Gasteiger partial charge is 0.441 e. The minimum absolute atomic E-state index is 0.152. The lowest BCUT2D eigenvalue weighted by Gasteiger charge is -2.25. The summed E-state index contributed by atoms with van der Waals surface area (Å²) in [5.74, 6) is 1.35. The highest BCUT2D eigenvalue weighted by Gasteiger charge is 2.29. The summed E-state index contributed by atoms with van der Waals surface area (Å²) in [4.78, 5) is 19.1. The Balaban J connectivity index is 1.40. The molecule has 1 saturated heterocycles. The monoisotopic (exact) mass is 380 g/mol. The van der Waals surface area contributed by atoms with Gasteiger partial charge >= 0.3 is 0 Å². The van der Waals surface area contributed by atoms with E-state index in [1.807, 2.05) is 47.4 Å². The molecule has 0 radical (unpaired) electrons. The minimum atomic E-state index is 0.152. The molecule has 1 amide bonds. The first-order chi connectivity index (χ1) is 13.2. The topological polar surface area (TPSA) is 46.3 Å². The number of aromatic nitrogens is 1. The summed E-state index contributed by atoms with van der Waals surface area (Å²) in [6.45, 7) is 0.814. The van der Waals surface area contributed by atoms with Crippen molar-refractivity contribution in [2.75, 3.05) is 6.54 Å². The third kappa shape index (κ3) is 3.91. The molecule has 1 fully saturated rings. The Morgan fingerprint density at radius 2 is 1.93 bits per heavy atom. The number of rotatable bonds is 5. The Morgan fingerprint density at radius 1 is 1.15 bits per heavy atom. The van der Waals surface area contributed by atoms with E-state index in [1.54, 1.807) is 6.20 Å². The maximum Gasteiger partial charge on any atom is 0.223 e. The van der Waals surface area contributed by atoms with Crippen LogP contribution in [0.4, 0.5) is 0 Å². The van der Waals surface area contributed by atoms with Crippen LogP contribution in [0.25, 0.3) is 11.3 Å². The van der Waals surface area contributed by atoms with Gasteiger partial charge in [0.25, 0.3) is 0 Å². The molecule has 2 aromatic carbocycles. The Kier molecular flexibility index (Phi) is 5.26. The number of likely N-dealkylation sites (tertiary alicyclic amines) is 1. The summed E-state index contributed by atoms with van der Waals surface area (Å²) in [7, 11) is 0. The van der Waals surface area contributed by atoms with Crippen molar-refractivity contribution >= 4 is 17.5 Å². The molecule has 27 heavy (non-hydrogen) atoms. The average molecular weight is 381 g/mol. The van der Waals surface area contributed by atoms with Crippen LogP contribution in [0.5, 0.6) is 0 Å². The van der Waals surface area contributed by atoms with Crippen LogP contribution in [-0.4, -0.2) is 22.3 Å². The molecule has 3 aromatic rings. The molecule has 0 N–H and O–H groups in total.